The van der Waals surface area contributed by atoms with Gasteiger partial charge in [-0.2, -0.15) is 4.98 Å². The molecular formula is C16H16N4O2. The summed E-state index contributed by atoms with van der Waals surface area (Å²) in [5.41, 5.74) is 7.53. The second-order valence-electron chi connectivity index (χ2n) is 4.63. The average Bonchev–Trinajstić information content (AvgIpc) is 2.97. The van der Waals surface area contributed by atoms with Crippen LogP contribution in [-0.2, 0) is 0 Å². The first-order valence-electron chi connectivity index (χ1n) is 6.72. The van der Waals surface area contributed by atoms with Crippen molar-refractivity contribution in [1.82, 2.24) is 14.8 Å². The predicted molar refractivity (Wildman–Crippen MR) is 84.3 cm³/mol. The molecule has 1 aromatic heterocycles. The number of methoxy groups -OCH3 is 2. The Morgan fingerprint density at radius 2 is 1.41 bits per heavy atom. The number of nitrogen functional groups attached to an aromatic ring is 1. The first-order valence-corrected chi connectivity index (χ1v) is 6.72. The third kappa shape index (κ3) is 2.58. The smallest absolute Gasteiger partial charge is 0.240 e. The number of anilines is 1. The van der Waals surface area contributed by atoms with Crippen molar-refractivity contribution in [2.24, 2.45) is 0 Å². The van der Waals surface area contributed by atoms with E-state index in [0.29, 0.717) is 5.82 Å². The molecule has 0 aliphatic heterocycles. The fourth-order valence-electron chi connectivity index (χ4n) is 2.16. The van der Waals surface area contributed by atoms with Crippen LogP contribution in [-0.4, -0.2) is 29.0 Å². The SMILES string of the molecule is COc1ccc(-c2nc(N)nn2-c2ccc(OC)cc2)cc1. The van der Waals surface area contributed by atoms with Crippen molar-refractivity contribution in [3.63, 3.8) is 0 Å². The Bertz CT molecular complexity index is 699. The highest BCUT2D eigenvalue weighted by atomic mass is 16.5. The van der Waals surface area contributed by atoms with Crippen LogP contribution in [0, 0.1) is 0 Å². The van der Waals surface area contributed by atoms with Crippen molar-refractivity contribution in [2.75, 3.05) is 20.0 Å². The Labute approximate surface area is 128 Å². The van der Waals surface area contributed by atoms with Crippen LogP contribution >= 0.6 is 0 Å². The van der Waals surface area contributed by atoms with Gasteiger partial charge in [0.15, 0.2) is 5.82 Å². The molecule has 6 heteroatoms. The predicted octanol–water partition coefficient (Wildman–Crippen LogP) is 2.53. The second kappa shape index (κ2) is 5.77. The van der Waals surface area contributed by atoms with Gasteiger partial charge in [0.1, 0.15) is 11.5 Å². The summed E-state index contributed by atoms with van der Waals surface area (Å²) in [6.07, 6.45) is 0. The van der Waals surface area contributed by atoms with E-state index in [9.17, 15) is 0 Å². The van der Waals surface area contributed by atoms with Gasteiger partial charge in [-0.1, -0.05) is 0 Å². The van der Waals surface area contributed by atoms with Crippen LogP contribution in [0.2, 0.25) is 0 Å². The molecule has 0 bridgehead atoms. The van der Waals surface area contributed by atoms with Gasteiger partial charge < -0.3 is 15.2 Å². The fourth-order valence-corrected chi connectivity index (χ4v) is 2.16. The molecule has 3 rings (SSSR count). The zero-order valence-corrected chi connectivity index (χ0v) is 12.4. The van der Waals surface area contributed by atoms with Gasteiger partial charge in [-0.05, 0) is 48.5 Å². The third-order valence-corrected chi connectivity index (χ3v) is 3.29. The summed E-state index contributed by atoms with van der Waals surface area (Å²) >= 11 is 0. The maximum atomic E-state index is 5.77. The standard InChI is InChI=1S/C16H16N4O2/c1-21-13-7-3-11(4-8-13)15-18-16(17)19-20(15)12-5-9-14(22-2)10-6-12/h3-10H,1-2H3,(H2,17,19). The highest BCUT2D eigenvalue weighted by Crippen LogP contribution is 2.25. The summed E-state index contributed by atoms with van der Waals surface area (Å²) in [7, 11) is 3.26. The van der Waals surface area contributed by atoms with Crippen LogP contribution in [0.4, 0.5) is 5.95 Å². The summed E-state index contributed by atoms with van der Waals surface area (Å²) in [4.78, 5) is 4.31. The molecule has 0 saturated heterocycles. The van der Waals surface area contributed by atoms with E-state index in [1.54, 1.807) is 18.9 Å². The number of hydrogen-bond donors (Lipinski definition) is 1. The van der Waals surface area contributed by atoms with Crippen molar-refractivity contribution >= 4 is 5.95 Å². The van der Waals surface area contributed by atoms with Gasteiger partial charge in [0.05, 0.1) is 19.9 Å². The van der Waals surface area contributed by atoms with E-state index in [-0.39, 0.29) is 5.95 Å². The van der Waals surface area contributed by atoms with Gasteiger partial charge in [0.2, 0.25) is 5.95 Å². The van der Waals surface area contributed by atoms with E-state index < -0.39 is 0 Å². The molecule has 1 heterocycles. The molecule has 0 amide bonds. The zero-order chi connectivity index (χ0) is 15.5. The van der Waals surface area contributed by atoms with Crippen LogP contribution in [0.3, 0.4) is 0 Å². The van der Waals surface area contributed by atoms with Crippen LogP contribution < -0.4 is 15.2 Å². The first-order chi connectivity index (χ1) is 10.7. The molecule has 0 aliphatic carbocycles. The van der Waals surface area contributed by atoms with Gasteiger partial charge >= 0.3 is 0 Å². The molecule has 0 unspecified atom stereocenters. The highest BCUT2D eigenvalue weighted by Gasteiger charge is 2.12. The minimum absolute atomic E-state index is 0.224. The van der Waals surface area contributed by atoms with Crippen molar-refractivity contribution in [3.8, 4) is 28.6 Å². The third-order valence-electron chi connectivity index (χ3n) is 3.29. The summed E-state index contributed by atoms with van der Waals surface area (Å²) in [5, 5.41) is 4.27. The largest absolute Gasteiger partial charge is 0.497 e. The lowest BCUT2D eigenvalue weighted by Gasteiger charge is -2.07. The Morgan fingerprint density at radius 3 is 1.95 bits per heavy atom. The van der Waals surface area contributed by atoms with Crippen molar-refractivity contribution in [2.45, 2.75) is 0 Å². The number of nitrogens with two attached hydrogens (primary N) is 1. The lowest BCUT2D eigenvalue weighted by Crippen LogP contribution is -2.00. The lowest BCUT2D eigenvalue weighted by molar-refractivity contribution is 0.414. The maximum absolute atomic E-state index is 5.77. The van der Waals surface area contributed by atoms with E-state index in [1.165, 1.54) is 0 Å². The lowest BCUT2D eigenvalue weighted by atomic mass is 10.2. The van der Waals surface area contributed by atoms with Gasteiger partial charge in [-0.25, -0.2) is 4.68 Å². The molecule has 0 spiro atoms. The molecule has 0 aliphatic rings. The molecule has 0 saturated carbocycles. The monoisotopic (exact) mass is 296 g/mol. The second-order valence-corrected chi connectivity index (χ2v) is 4.63. The van der Waals surface area contributed by atoms with Crippen LogP contribution in [0.1, 0.15) is 0 Å². The number of nitrogens with zero attached hydrogens (tertiary/aromatic N) is 3. The minimum Gasteiger partial charge on any atom is -0.497 e. The van der Waals surface area contributed by atoms with E-state index in [4.69, 9.17) is 15.2 Å². The van der Waals surface area contributed by atoms with E-state index in [1.807, 2.05) is 48.5 Å². The summed E-state index contributed by atoms with van der Waals surface area (Å²) in [5.74, 6) is 2.46. The molecule has 0 radical (unpaired) electrons. The Kier molecular flexibility index (Phi) is 3.65. The van der Waals surface area contributed by atoms with Crippen LogP contribution in [0.5, 0.6) is 11.5 Å². The van der Waals surface area contributed by atoms with Crippen LogP contribution in [0.25, 0.3) is 17.1 Å². The zero-order valence-electron chi connectivity index (χ0n) is 12.4. The molecule has 22 heavy (non-hydrogen) atoms. The quantitative estimate of drug-likeness (QED) is 0.800. The Balaban J connectivity index is 2.04. The number of rotatable bonds is 4. The molecule has 3 aromatic rings. The number of aromatic nitrogens is 3. The van der Waals surface area contributed by atoms with Crippen molar-refractivity contribution in [3.05, 3.63) is 48.5 Å². The van der Waals surface area contributed by atoms with E-state index in [2.05, 4.69) is 10.1 Å². The first kappa shape index (κ1) is 13.9. The summed E-state index contributed by atoms with van der Waals surface area (Å²) in [6, 6.07) is 15.1. The van der Waals surface area contributed by atoms with Gasteiger partial charge in [0, 0.05) is 5.56 Å². The molecule has 0 atom stereocenters. The van der Waals surface area contributed by atoms with E-state index in [0.717, 1.165) is 22.7 Å². The minimum atomic E-state index is 0.224. The summed E-state index contributed by atoms with van der Waals surface area (Å²) in [6.45, 7) is 0. The number of hydrogen-bond acceptors (Lipinski definition) is 5. The van der Waals surface area contributed by atoms with Gasteiger partial charge in [-0.3, -0.25) is 0 Å². The number of ether oxygens (including phenoxy) is 2. The normalized spacial score (nSPS) is 10.5. The summed E-state index contributed by atoms with van der Waals surface area (Å²) < 4.78 is 12.0. The maximum Gasteiger partial charge on any atom is 0.240 e. The molecule has 6 nitrogen and oxygen atoms in total. The molecular weight excluding hydrogens is 280 g/mol. The Hall–Kier alpha value is -3.02. The van der Waals surface area contributed by atoms with E-state index >= 15 is 0 Å². The van der Waals surface area contributed by atoms with Crippen molar-refractivity contribution < 1.29 is 9.47 Å². The molecule has 2 aromatic carbocycles. The van der Waals surface area contributed by atoms with Crippen molar-refractivity contribution in [1.29, 1.82) is 0 Å². The molecule has 112 valence electrons. The average molecular weight is 296 g/mol. The highest BCUT2D eigenvalue weighted by molar-refractivity contribution is 5.60. The molecule has 2 N–H and O–H groups in total. The van der Waals surface area contributed by atoms with Gasteiger partial charge in [0.25, 0.3) is 0 Å². The Morgan fingerprint density at radius 1 is 0.864 bits per heavy atom. The number of benzene rings is 2. The van der Waals surface area contributed by atoms with Crippen LogP contribution in [0.15, 0.2) is 48.5 Å². The topological polar surface area (TPSA) is 75.2 Å². The van der Waals surface area contributed by atoms with Gasteiger partial charge in [-0.15, -0.1) is 5.10 Å². The fraction of sp³-hybridized carbons (Fsp3) is 0.125. The molecule has 0 fully saturated rings.